The van der Waals surface area contributed by atoms with E-state index in [1.807, 2.05) is 41.3 Å². The molecule has 2 amide bonds. The number of likely N-dealkylation sites (tertiary alicyclic amines) is 1. The summed E-state index contributed by atoms with van der Waals surface area (Å²) in [4.78, 5) is 29.2. The van der Waals surface area contributed by atoms with Gasteiger partial charge < -0.3 is 14.4 Å². The van der Waals surface area contributed by atoms with Crippen LogP contribution in [-0.4, -0.2) is 47.9 Å². The third kappa shape index (κ3) is 2.95. The average molecular weight is 390 g/mol. The van der Waals surface area contributed by atoms with E-state index in [2.05, 4.69) is 6.58 Å². The van der Waals surface area contributed by atoms with Crippen molar-refractivity contribution < 1.29 is 19.1 Å². The Hall–Kier alpha value is -3.28. The Morgan fingerprint density at radius 2 is 1.83 bits per heavy atom. The van der Waals surface area contributed by atoms with Crippen molar-refractivity contribution in [1.82, 2.24) is 9.80 Å². The number of benzene rings is 2. The molecular weight excluding hydrogens is 368 g/mol. The minimum Gasteiger partial charge on any atom is -0.486 e. The number of ether oxygens (including phenoxy) is 2. The molecule has 1 fully saturated rings. The van der Waals surface area contributed by atoms with Gasteiger partial charge in [-0.2, -0.15) is 0 Å². The van der Waals surface area contributed by atoms with Crippen LogP contribution < -0.4 is 9.47 Å². The summed E-state index contributed by atoms with van der Waals surface area (Å²) in [6.07, 6.45) is 1.82. The maximum atomic E-state index is 13.2. The molecule has 0 bridgehead atoms. The minimum atomic E-state index is -0.158. The quantitative estimate of drug-likeness (QED) is 0.807. The van der Waals surface area contributed by atoms with Gasteiger partial charge in [-0.15, -0.1) is 0 Å². The van der Waals surface area contributed by atoms with Crippen LogP contribution in [0.25, 0.3) is 5.70 Å². The third-order valence-corrected chi connectivity index (χ3v) is 5.86. The van der Waals surface area contributed by atoms with Crippen LogP contribution in [0.5, 0.6) is 11.5 Å². The first kappa shape index (κ1) is 17.8. The molecule has 3 aliphatic heterocycles. The van der Waals surface area contributed by atoms with E-state index in [1.54, 1.807) is 6.07 Å². The molecule has 6 nitrogen and oxygen atoms in total. The standard InChI is InChI=1S/C23H22N2O4/c1-15-17-5-2-3-6-18(17)23(27)25(15)14-22(26)24-10-4-7-19(24)16-8-9-20-21(13-16)29-12-11-28-20/h2-3,5-6,8-9,13,19H,1,4,7,10-12,14H2/t19-/m0/s1. The summed E-state index contributed by atoms with van der Waals surface area (Å²) >= 11 is 0. The second kappa shape index (κ2) is 6.95. The molecule has 0 aliphatic carbocycles. The predicted octanol–water partition coefficient (Wildman–Crippen LogP) is 3.25. The van der Waals surface area contributed by atoms with Crippen LogP contribution in [0.4, 0.5) is 0 Å². The number of hydrogen-bond acceptors (Lipinski definition) is 4. The zero-order valence-electron chi connectivity index (χ0n) is 16.1. The van der Waals surface area contributed by atoms with Gasteiger partial charge in [0.15, 0.2) is 11.5 Å². The molecule has 0 aromatic heterocycles. The van der Waals surface area contributed by atoms with E-state index in [0.717, 1.165) is 35.5 Å². The SMILES string of the molecule is C=C1c2ccccc2C(=O)N1CC(=O)N1CCC[C@H]1c1ccc2c(c1)OCCO2. The van der Waals surface area contributed by atoms with Crippen molar-refractivity contribution in [2.75, 3.05) is 26.3 Å². The van der Waals surface area contributed by atoms with E-state index < -0.39 is 0 Å². The van der Waals surface area contributed by atoms with E-state index in [0.29, 0.717) is 31.0 Å². The summed E-state index contributed by atoms with van der Waals surface area (Å²) in [5.74, 6) is 1.25. The lowest BCUT2D eigenvalue weighted by Gasteiger charge is -2.28. The fourth-order valence-electron chi connectivity index (χ4n) is 4.41. The third-order valence-electron chi connectivity index (χ3n) is 5.86. The zero-order chi connectivity index (χ0) is 20.0. The Morgan fingerprint density at radius 3 is 2.62 bits per heavy atom. The first-order valence-electron chi connectivity index (χ1n) is 9.92. The molecule has 3 heterocycles. The second-order valence-electron chi connectivity index (χ2n) is 7.53. The number of amides is 2. The maximum Gasteiger partial charge on any atom is 0.259 e. The fraction of sp³-hybridized carbons (Fsp3) is 0.304. The number of carbonyl (C=O) groups is 2. The lowest BCUT2D eigenvalue weighted by Crippen LogP contribution is -2.39. The monoisotopic (exact) mass is 390 g/mol. The highest BCUT2D eigenvalue weighted by molar-refractivity contribution is 6.10. The molecule has 2 aromatic carbocycles. The molecule has 0 radical (unpaired) electrons. The summed E-state index contributed by atoms with van der Waals surface area (Å²) in [5.41, 5.74) is 3.04. The Bertz CT molecular complexity index is 981. The van der Waals surface area contributed by atoms with Gasteiger partial charge in [0.1, 0.15) is 19.8 Å². The van der Waals surface area contributed by atoms with Crippen LogP contribution >= 0.6 is 0 Å². The van der Waals surface area contributed by atoms with Gasteiger partial charge in [-0.05, 0) is 36.6 Å². The number of nitrogens with zero attached hydrogens (tertiary/aromatic N) is 2. The molecule has 5 rings (SSSR count). The summed E-state index contributed by atoms with van der Waals surface area (Å²) in [6, 6.07) is 13.2. The minimum absolute atomic E-state index is 0.00734. The van der Waals surface area contributed by atoms with Gasteiger partial charge in [0, 0.05) is 23.4 Å². The molecule has 1 atom stereocenters. The summed E-state index contributed by atoms with van der Waals surface area (Å²) in [6.45, 7) is 5.81. The second-order valence-corrected chi connectivity index (χ2v) is 7.53. The van der Waals surface area contributed by atoms with E-state index >= 15 is 0 Å². The molecule has 1 saturated heterocycles. The fourth-order valence-corrected chi connectivity index (χ4v) is 4.41. The van der Waals surface area contributed by atoms with Crippen LogP contribution in [0.1, 0.15) is 40.4 Å². The van der Waals surface area contributed by atoms with Crippen molar-refractivity contribution in [3.05, 3.63) is 65.7 Å². The Balaban J connectivity index is 1.35. The highest BCUT2D eigenvalue weighted by Gasteiger charge is 2.36. The van der Waals surface area contributed by atoms with Crippen molar-refractivity contribution >= 4 is 17.5 Å². The normalized spacial score (nSPS) is 20.2. The van der Waals surface area contributed by atoms with Crippen molar-refractivity contribution in [3.8, 4) is 11.5 Å². The molecule has 0 spiro atoms. The molecular formula is C23H22N2O4. The molecule has 2 aromatic rings. The van der Waals surface area contributed by atoms with E-state index in [9.17, 15) is 9.59 Å². The van der Waals surface area contributed by atoms with Crippen LogP contribution in [0.3, 0.4) is 0 Å². The molecule has 148 valence electrons. The van der Waals surface area contributed by atoms with Gasteiger partial charge >= 0.3 is 0 Å². The van der Waals surface area contributed by atoms with Gasteiger partial charge in [0.25, 0.3) is 5.91 Å². The Morgan fingerprint density at radius 1 is 1.07 bits per heavy atom. The number of fused-ring (bicyclic) bond motifs is 2. The van der Waals surface area contributed by atoms with E-state index in [-0.39, 0.29) is 24.4 Å². The lowest BCUT2D eigenvalue weighted by molar-refractivity contribution is -0.132. The molecule has 6 heteroatoms. The summed E-state index contributed by atoms with van der Waals surface area (Å²) < 4.78 is 11.3. The van der Waals surface area contributed by atoms with Crippen LogP contribution in [-0.2, 0) is 4.79 Å². The van der Waals surface area contributed by atoms with Crippen molar-refractivity contribution in [2.24, 2.45) is 0 Å². The highest BCUT2D eigenvalue weighted by Crippen LogP contribution is 2.38. The molecule has 0 saturated carbocycles. The zero-order valence-corrected chi connectivity index (χ0v) is 16.1. The van der Waals surface area contributed by atoms with Gasteiger partial charge in [-0.3, -0.25) is 14.5 Å². The molecule has 29 heavy (non-hydrogen) atoms. The molecule has 3 aliphatic rings. The van der Waals surface area contributed by atoms with Gasteiger partial charge in [-0.25, -0.2) is 0 Å². The maximum absolute atomic E-state index is 13.2. The predicted molar refractivity (Wildman–Crippen MR) is 108 cm³/mol. The number of rotatable bonds is 3. The van der Waals surface area contributed by atoms with Crippen LogP contribution in [0, 0.1) is 0 Å². The average Bonchev–Trinajstić information content (AvgIpc) is 3.34. The van der Waals surface area contributed by atoms with E-state index in [4.69, 9.17) is 9.47 Å². The molecule has 0 N–H and O–H groups in total. The highest BCUT2D eigenvalue weighted by atomic mass is 16.6. The largest absolute Gasteiger partial charge is 0.486 e. The van der Waals surface area contributed by atoms with Gasteiger partial charge in [0.2, 0.25) is 5.91 Å². The Labute approximate surface area is 169 Å². The van der Waals surface area contributed by atoms with Crippen LogP contribution in [0.15, 0.2) is 49.0 Å². The first-order valence-corrected chi connectivity index (χ1v) is 9.92. The lowest BCUT2D eigenvalue weighted by atomic mass is 10.0. The number of carbonyl (C=O) groups excluding carboxylic acids is 2. The summed E-state index contributed by atoms with van der Waals surface area (Å²) in [7, 11) is 0. The summed E-state index contributed by atoms with van der Waals surface area (Å²) in [5, 5.41) is 0. The van der Waals surface area contributed by atoms with Crippen molar-refractivity contribution in [3.63, 3.8) is 0 Å². The Kier molecular flexibility index (Phi) is 4.27. The topological polar surface area (TPSA) is 59.1 Å². The number of hydrogen-bond donors (Lipinski definition) is 0. The van der Waals surface area contributed by atoms with Crippen molar-refractivity contribution in [2.45, 2.75) is 18.9 Å². The van der Waals surface area contributed by atoms with Gasteiger partial charge in [-0.1, -0.05) is 30.8 Å². The smallest absolute Gasteiger partial charge is 0.259 e. The van der Waals surface area contributed by atoms with Crippen molar-refractivity contribution in [1.29, 1.82) is 0 Å². The van der Waals surface area contributed by atoms with Gasteiger partial charge in [0.05, 0.1) is 6.04 Å². The van der Waals surface area contributed by atoms with E-state index in [1.165, 1.54) is 4.90 Å². The molecule has 0 unspecified atom stereocenters. The first-order chi connectivity index (χ1) is 14.1. The van der Waals surface area contributed by atoms with Crippen LogP contribution in [0.2, 0.25) is 0 Å².